The van der Waals surface area contributed by atoms with Crippen LogP contribution in [0.1, 0.15) is 79.9 Å². The van der Waals surface area contributed by atoms with Crippen LogP contribution in [0.25, 0.3) is 0 Å². The molecule has 0 saturated heterocycles. The molecule has 0 aliphatic carbocycles. The SMILES string of the molecule is Br.Br.CC(C)(C)c1ccc(CNCCCCNCCCNCCCC(=O)NCc2ccc(C(=O)Nc3ccccc3N)cc2)cc1. The van der Waals surface area contributed by atoms with Gasteiger partial charge in [0.1, 0.15) is 0 Å². The van der Waals surface area contributed by atoms with E-state index in [1.807, 2.05) is 24.3 Å². The fourth-order valence-corrected chi connectivity index (χ4v) is 4.69. The number of carbonyl (C=O) groups excluding carboxylic acids is 2. The molecule has 0 bridgehead atoms. The van der Waals surface area contributed by atoms with Crippen molar-refractivity contribution in [1.82, 2.24) is 21.3 Å². The summed E-state index contributed by atoms with van der Waals surface area (Å²) in [7, 11) is 0. The van der Waals surface area contributed by atoms with Crippen LogP contribution in [-0.4, -0.2) is 44.5 Å². The molecule has 0 aliphatic heterocycles. The molecule has 0 unspecified atom stereocenters. The Labute approximate surface area is 297 Å². The van der Waals surface area contributed by atoms with E-state index < -0.39 is 0 Å². The summed E-state index contributed by atoms with van der Waals surface area (Å²) in [6.07, 6.45) is 4.69. The van der Waals surface area contributed by atoms with Crippen molar-refractivity contribution in [3.63, 3.8) is 0 Å². The van der Waals surface area contributed by atoms with Gasteiger partial charge in [-0.05, 0) is 105 Å². The number of carbonyl (C=O) groups is 2. The van der Waals surface area contributed by atoms with Crippen LogP contribution >= 0.6 is 34.0 Å². The van der Waals surface area contributed by atoms with Crippen LogP contribution < -0.4 is 32.3 Å². The van der Waals surface area contributed by atoms with Gasteiger partial charge in [-0.3, -0.25) is 9.59 Å². The fraction of sp³-hybridized carbons (Fsp3) is 0.444. The van der Waals surface area contributed by atoms with Gasteiger partial charge in [-0.15, -0.1) is 34.0 Å². The zero-order valence-corrected chi connectivity index (χ0v) is 31.0. The van der Waals surface area contributed by atoms with E-state index in [-0.39, 0.29) is 51.2 Å². The molecule has 7 N–H and O–H groups in total. The molecule has 0 aliphatic rings. The molecule has 46 heavy (non-hydrogen) atoms. The highest BCUT2D eigenvalue weighted by Crippen LogP contribution is 2.22. The number of rotatable bonds is 19. The number of nitrogen functional groups attached to an aromatic ring is 1. The van der Waals surface area contributed by atoms with E-state index in [9.17, 15) is 9.59 Å². The van der Waals surface area contributed by atoms with Crippen molar-refractivity contribution in [2.24, 2.45) is 0 Å². The number of nitrogens with one attached hydrogen (secondary N) is 5. The molecule has 0 heterocycles. The maximum Gasteiger partial charge on any atom is 0.255 e. The van der Waals surface area contributed by atoms with Crippen molar-refractivity contribution >= 4 is 57.2 Å². The first-order valence-electron chi connectivity index (χ1n) is 16.0. The van der Waals surface area contributed by atoms with Gasteiger partial charge >= 0.3 is 0 Å². The lowest BCUT2D eigenvalue weighted by molar-refractivity contribution is -0.121. The van der Waals surface area contributed by atoms with Crippen LogP contribution in [0.2, 0.25) is 0 Å². The van der Waals surface area contributed by atoms with Gasteiger partial charge in [-0.2, -0.15) is 0 Å². The van der Waals surface area contributed by atoms with Crippen LogP contribution in [-0.2, 0) is 23.3 Å². The fourth-order valence-electron chi connectivity index (χ4n) is 4.69. The first-order valence-corrected chi connectivity index (χ1v) is 16.0. The highest BCUT2D eigenvalue weighted by atomic mass is 79.9. The zero-order valence-electron chi connectivity index (χ0n) is 27.6. The summed E-state index contributed by atoms with van der Waals surface area (Å²) in [6.45, 7) is 12.9. The Morgan fingerprint density at radius 1 is 0.652 bits per heavy atom. The first kappa shape index (κ1) is 41.3. The molecule has 0 aromatic heterocycles. The molecule has 8 nitrogen and oxygen atoms in total. The van der Waals surface area contributed by atoms with E-state index in [1.165, 1.54) is 24.0 Å². The third-order valence-electron chi connectivity index (χ3n) is 7.49. The second-order valence-electron chi connectivity index (χ2n) is 12.3. The van der Waals surface area contributed by atoms with E-state index in [4.69, 9.17) is 5.73 Å². The van der Waals surface area contributed by atoms with E-state index >= 15 is 0 Å². The molecule has 3 rings (SSSR count). The third kappa shape index (κ3) is 16.2. The lowest BCUT2D eigenvalue weighted by Crippen LogP contribution is -2.26. The van der Waals surface area contributed by atoms with Crippen LogP contribution in [0.5, 0.6) is 0 Å². The standard InChI is InChI=1S/C36H52N6O2.2BrH/c1-36(2,3)31-19-15-28(16-20-31)26-40-22-7-6-21-38-24-9-25-39-23-8-12-34(43)41-27-29-13-17-30(18-14-29)35(44)42-33-11-5-4-10-32(33)37;;/h4-5,10-11,13-20,38-40H,6-9,12,21-27,37H2,1-3H3,(H,41,43)(H,42,44);2*1H. The maximum absolute atomic E-state index is 12.5. The molecule has 3 aromatic rings. The quantitative estimate of drug-likeness (QED) is 0.0613. The highest BCUT2D eigenvalue weighted by molar-refractivity contribution is 8.93. The van der Waals surface area contributed by atoms with Gasteiger partial charge in [-0.25, -0.2) is 0 Å². The lowest BCUT2D eigenvalue weighted by atomic mass is 9.87. The molecular weight excluding hydrogens is 708 g/mol. The van der Waals surface area contributed by atoms with Gasteiger partial charge in [0.05, 0.1) is 11.4 Å². The second kappa shape index (κ2) is 22.7. The van der Waals surface area contributed by atoms with Gasteiger partial charge in [0.15, 0.2) is 0 Å². The van der Waals surface area contributed by atoms with Crippen molar-refractivity contribution in [3.8, 4) is 0 Å². The lowest BCUT2D eigenvalue weighted by Gasteiger charge is -2.19. The van der Waals surface area contributed by atoms with Gasteiger partial charge in [0.25, 0.3) is 5.91 Å². The normalized spacial score (nSPS) is 10.8. The van der Waals surface area contributed by atoms with Gasteiger partial charge < -0.3 is 32.3 Å². The third-order valence-corrected chi connectivity index (χ3v) is 7.49. The predicted molar refractivity (Wildman–Crippen MR) is 203 cm³/mol. The summed E-state index contributed by atoms with van der Waals surface area (Å²) in [5, 5.41) is 16.3. The smallest absolute Gasteiger partial charge is 0.255 e. The Kier molecular flexibility index (Phi) is 20.4. The monoisotopic (exact) mass is 760 g/mol. The van der Waals surface area contributed by atoms with E-state index in [0.717, 1.165) is 57.7 Å². The van der Waals surface area contributed by atoms with Crippen molar-refractivity contribution < 1.29 is 9.59 Å². The number of anilines is 2. The summed E-state index contributed by atoms with van der Waals surface area (Å²) < 4.78 is 0. The molecule has 0 fully saturated rings. The number of benzene rings is 3. The first-order chi connectivity index (χ1) is 21.2. The summed E-state index contributed by atoms with van der Waals surface area (Å²) in [5.74, 6) is -0.193. The summed E-state index contributed by atoms with van der Waals surface area (Å²) in [6, 6.07) is 23.3. The van der Waals surface area contributed by atoms with Crippen LogP contribution in [0, 0.1) is 0 Å². The molecule has 0 atom stereocenters. The van der Waals surface area contributed by atoms with Crippen molar-refractivity contribution in [2.75, 3.05) is 43.8 Å². The van der Waals surface area contributed by atoms with Crippen molar-refractivity contribution in [2.45, 2.75) is 71.4 Å². The van der Waals surface area contributed by atoms with E-state index in [0.29, 0.717) is 29.9 Å². The number of para-hydroxylation sites is 2. The molecule has 0 radical (unpaired) electrons. The predicted octanol–water partition coefficient (Wildman–Crippen LogP) is 6.51. The molecule has 10 heteroatoms. The molecular formula is C36H54Br2N6O2. The number of hydrogen-bond donors (Lipinski definition) is 6. The number of nitrogens with two attached hydrogens (primary N) is 1. The molecule has 254 valence electrons. The zero-order chi connectivity index (χ0) is 31.6. The Morgan fingerprint density at radius 2 is 1.20 bits per heavy atom. The van der Waals surface area contributed by atoms with Crippen LogP contribution in [0.4, 0.5) is 11.4 Å². The van der Waals surface area contributed by atoms with Gasteiger partial charge in [-0.1, -0.05) is 69.3 Å². The second-order valence-corrected chi connectivity index (χ2v) is 12.3. The summed E-state index contributed by atoms with van der Waals surface area (Å²) in [5.41, 5.74) is 11.4. The minimum absolute atomic E-state index is 0. The Balaban J connectivity index is 0.00000529. The van der Waals surface area contributed by atoms with Crippen LogP contribution in [0.3, 0.4) is 0 Å². The average Bonchev–Trinajstić information content (AvgIpc) is 3.01. The number of amides is 2. The van der Waals surface area contributed by atoms with Gasteiger partial charge in [0, 0.05) is 25.1 Å². The van der Waals surface area contributed by atoms with Crippen molar-refractivity contribution in [1.29, 1.82) is 0 Å². The summed E-state index contributed by atoms with van der Waals surface area (Å²) >= 11 is 0. The number of hydrogen-bond acceptors (Lipinski definition) is 6. The maximum atomic E-state index is 12.5. The minimum atomic E-state index is -0.223. The minimum Gasteiger partial charge on any atom is -0.397 e. The molecule has 0 spiro atoms. The Hall–Kier alpha value is -2.76. The Morgan fingerprint density at radius 3 is 1.83 bits per heavy atom. The topological polar surface area (TPSA) is 120 Å². The van der Waals surface area contributed by atoms with Crippen LogP contribution in [0.15, 0.2) is 72.8 Å². The highest BCUT2D eigenvalue weighted by Gasteiger charge is 2.12. The molecule has 0 saturated carbocycles. The average molecular weight is 763 g/mol. The Bertz CT molecular complexity index is 1280. The van der Waals surface area contributed by atoms with Crippen molar-refractivity contribution in [3.05, 3.63) is 95.1 Å². The van der Waals surface area contributed by atoms with Gasteiger partial charge in [0.2, 0.25) is 5.91 Å². The van der Waals surface area contributed by atoms with E-state index in [1.54, 1.807) is 24.3 Å². The number of halogens is 2. The number of unbranched alkanes of at least 4 members (excludes halogenated alkanes) is 1. The molecule has 2 amide bonds. The van der Waals surface area contributed by atoms with E-state index in [2.05, 4.69) is 71.6 Å². The largest absolute Gasteiger partial charge is 0.397 e. The summed E-state index contributed by atoms with van der Waals surface area (Å²) in [4.78, 5) is 24.7. The molecule has 3 aromatic carbocycles.